The zero-order valence-corrected chi connectivity index (χ0v) is 16.6. The number of aliphatic hydroxyl groups excluding tert-OH is 1. The topological polar surface area (TPSA) is 141 Å². The molecule has 0 spiro atoms. The number of hydrogen-bond donors (Lipinski definition) is 5. The van der Waals surface area contributed by atoms with Crippen LogP contribution in [0.2, 0.25) is 0 Å². The van der Waals surface area contributed by atoms with Crippen LogP contribution in [0.1, 0.15) is 49.8 Å². The quantitative estimate of drug-likeness (QED) is 0.320. The third-order valence-electron chi connectivity index (χ3n) is 4.77. The van der Waals surface area contributed by atoms with Crippen molar-refractivity contribution in [2.75, 3.05) is 25.0 Å². The third-order valence-corrected chi connectivity index (χ3v) is 4.77. The molecule has 0 bridgehead atoms. The van der Waals surface area contributed by atoms with E-state index in [1.807, 2.05) is 6.07 Å². The first-order chi connectivity index (χ1) is 14.0. The van der Waals surface area contributed by atoms with Crippen LogP contribution in [0.5, 0.6) is 0 Å². The van der Waals surface area contributed by atoms with Gasteiger partial charge in [-0.2, -0.15) is 0 Å². The molecule has 2 amide bonds. The number of aliphatic hydroxyl groups is 1. The van der Waals surface area contributed by atoms with Crippen LogP contribution in [0.4, 0.5) is 5.82 Å². The van der Waals surface area contributed by atoms with Gasteiger partial charge in [0.05, 0.1) is 6.61 Å². The molecule has 1 aliphatic heterocycles. The maximum absolute atomic E-state index is 11.9. The standard InChI is InChI=1S/C20H30N4O5/c25-13-10-18(27)24-16(20(28)29)9-12-21-17(26)6-2-1-5-15-8-7-14-4-3-11-22-19(14)23-15/h7-8,16,25H,1-6,9-13H2,(H,21,26)(H,22,23)(H,24,27)(H,28,29). The van der Waals surface area contributed by atoms with Crippen molar-refractivity contribution in [3.8, 4) is 0 Å². The molecule has 0 saturated heterocycles. The van der Waals surface area contributed by atoms with Gasteiger partial charge in [-0.15, -0.1) is 0 Å². The summed E-state index contributed by atoms with van der Waals surface area (Å²) < 4.78 is 0. The Morgan fingerprint density at radius 1 is 1.17 bits per heavy atom. The number of aliphatic carboxylic acids is 1. The lowest BCUT2D eigenvalue weighted by molar-refractivity contribution is -0.142. The molecular weight excluding hydrogens is 376 g/mol. The molecule has 0 saturated carbocycles. The minimum absolute atomic E-state index is 0.0876. The smallest absolute Gasteiger partial charge is 0.326 e. The lowest BCUT2D eigenvalue weighted by atomic mass is 10.1. The van der Waals surface area contributed by atoms with E-state index < -0.39 is 17.9 Å². The monoisotopic (exact) mass is 406 g/mol. The minimum Gasteiger partial charge on any atom is -0.480 e. The molecule has 5 N–H and O–H groups in total. The number of amides is 2. The summed E-state index contributed by atoms with van der Waals surface area (Å²) in [5.41, 5.74) is 2.27. The molecule has 160 valence electrons. The molecule has 0 aliphatic carbocycles. The predicted molar refractivity (Wildman–Crippen MR) is 107 cm³/mol. The largest absolute Gasteiger partial charge is 0.480 e. The van der Waals surface area contributed by atoms with Gasteiger partial charge in [-0.1, -0.05) is 6.07 Å². The third kappa shape index (κ3) is 8.06. The number of carbonyl (C=O) groups excluding carboxylic acids is 2. The Bertz CT molecular complexity index is 710. The second-order valence-corrected chi connectivity index (χ2v) is 7.12. The molecule has 2 heterocycles. The van der Waals surface area contributed by atoms with E-state index in [-0.39, 0.29) is 31.9 Å². The van der Waals surface area contributed by atoms with Crippen molar-refractivity contribution in [1.82, 2.24) is 15.6 Å². The predicted octanol–water partition coefficient (Wildman–Crippen LogP) is 0.611. The Hall–Kier alpha value is -2.68. The molecule has 0 fully saturated rings. The van der Waals surface area contributed by atoms with Gasteiger partial charge >= 0.3 is 5.97 Å². The molecule has 1 aromatic rings. The molecular formula is C20H30N4O5. The van der Waals surface area contributed by atoms with Gasteiger partial charge in [-0.25, -0.2) is 9.78 Å². The molecule has 0 radical (unpaired) electrons. The van der Waals surface area contributed by atoms with Crippen molar-refractivity contribution >= 4 is 23.6 Å². The van der Waals surface area contributed by atoms with E-state index in [9.17, 15) is 14.4 Å². The highest BCUT2D eigenvalue weighted by Crippen LogP contribution is 2.20. The van der Waals surface area contributed by atoms with E-state index in [0.717, 1.165) is 43.7 Å². The van der Waals surface area contributed by atoms with Gasteiger partial charge in [0.25, 0.3) is 0 Å². The fraction of sp³-hybridized carbons (Fsp3) is 0.600. The summed E-state index contributed by atoms with van der Waals surface area (Å²) >= 11 is 0. The fourth-order valence-corrected chi connectivity index (χ4v) is 3.17. The van der Waals surface area contributed by atoms with Crippen LogP contribution in [0.15, 0.2) is 12.1 Å². The number of nitrogens with one attached hydrogen (secondary N) is 3. The summed E-state index contributed by atoms with van der Waals surface area (Å²) in [6.45, 7) is 0.775. The molecule has 29 heavy (non-hydrogen) atoms. The number of nitrogens with zero attached hydrogens (tertiary/aromatic N) is 1. The van der Waals surface area contributed by atoms with Gasteiger partial charge in [0.15, 0.2) is 0 Å². The van der Waals surface area contributed by atoms with E-state index in [2.05, 4.69) is 27.0 Å². The number of fused-ring (bicyclic) bond motifs is 1. The molecule has 9 heteroatoms. The van der Waals surface area contributed by atoms with E-state index in [1.165, 1.54) is 5.56 Å². The number of rotatable bonds is 12. The Kier molecular flexibility index (Phi) is 9.36. The second kappa shape index (κ2) is 12.0. The van der Waals surface area contributed by atoms with E-state index in [4.69, 9.17) is 10.2 Å². The Labute approximate surface area is 170 Å². The van der Waals surface area contributed by atoms with Crippen molar-refractivity contribution in [3.05, 3.63) is 23.4 Å². The lowest BCUT2D eigenvalue weighted by Crippen LogP contribution is -2.43. The van der Waals surface area contributed by atoms with Gasteiger partial charge in [0, 0.05) is 31.6 Å². The molecule has 1 atom stereocenters. The molecule has 9 nitrogen and oxygen atoms in total. The van der Waals surface area contributed by atoms with Gasteiger partial charge < -0.3 is 26.2 Å². The van der Waals surface area contributed by atoms with Crippen molar-refractivity contribution in [2.45, 2.75) is 57.4 Å². The van der Waals surface area contributed by atoms with Crippen LogP contribution in [-0.4, -0.2) is 58.7 Å². The van der Waals surface area contributed by atoms with E-state index >= 15 is 0 Å². The number of aromatic nitrogens is 1. The Morgan fingerprint density at radius 2 is 2.00 bits per heavy atom. The minimum atomic E-state index is -1.17. The summed E-state index contributed by atoms with van der Waals surface area (Å²) in [6.07, 6.45) is 4.85. The maximum Gasteiger partial charge on any atom is 0.326 e. The summed E-state index contributed by atoms with van der Waals surface area (Å²) in [5.74, 6) is -0.865. The van der Waals surface area contributed by atoms with Crippen LogP contribution in [0, 0.1) is 0 Å². The van der Waals surface area contributed by atoms with Crippen molar-refractivity contribution < 1.29 is 24.6 Å². The first kappa shape index (κ1) is 22.6. The molecule has 2 rings (SSSR count). The zero-order chi connectivity index (χ0) is 21.1. The average molecular weight is 406 g/mol. The highest BCUT2D eigenvalue weighted by atomic mass is 16.4. The van der Waals surface area contributed by atoms with Gasteiger partial charge in [0.2, 0.25) is 11.8 Å². The number of pyridine rings is 1. The van der Waals surface area contributed by atoms with Crippen LogP contribution < -0.4 is 16.0 Å². The molecule has 1 unspecified atom stereocenters. The first-order valence-electron chi connectivity index (χ1n) is 10.1. The highest BCUT2D eigenvalue weighted by Gasteiger charge is 2.19. The van der Waals surface area contributed by atoms with E-state index in [0.29, 0.717) is 12.8 Å². The normalized spacial score (nSPS) is 13.7. The summed E-state index contributed by atoms with van der Waals surface area (Å²) in [6, 6.07) is 3.08. The number of anilines is 1. The Morgan fingerprint density at radius 3 is 2.76 bits per heavy atom. The second-order valence-electron chi connectivity index (χ2n) is 7.12. The SMILES string of the molecule is O=C(CCCCc1ccc2c(n1)NCCC2)NCCC(NC(=O)CCO)C(=O)O. The molecule has 0 aromatic carbocycles. The number of carboxylic acid groups (broad SMARTS) is 1. The van der Waals surface area contributed by atoms with Crippen molar-refractivity contribution in [2.24, 2.45) is 0 Å². The zero-order valence-electron chi connectivity index (χ0n) is 16.6. The van der Waals surface area contributed by atoms with E-state index in [1.54, 1.807) is 0 Å². The van der Waals surface area contributed by atoms with Crippen LogP contribution in [-0.2, 0) is 27.2 Å². The number of aryl methyl sites for hydroxylation is 2. The van der Waals surface area contributed by atoms with Crippen molar-refractivity contribution in [3.63, 3.8) is 0 Å². The number of carbonyl (C=O) groups is 3. The summed E-state index contributed by atoms with van der Waals surface area (Å²) in [7, 11) is 0. The van der Waals surface area contributed by atoms with Crippen LogP contribution in [0.3, 0.4) is 0 Å². The maximum atomic E-state index is 11.9. The number of carboxylic acids is 1. The number of hydrogen-bond acceptors (Lipinski definition) is 6. The van der Waals surface area contributed by atoms with Gasteiger partial charge in [-0.3, -0.25) is 9.59 Å². The summed E-state index contributed by atoms with van der Waals surface area (Å²) in [5, 5.41) is 26.1. The first-order valence-corrected chi connectivity index (χ1v) is 10.1. The molecule has 1 aromatic heterocycles. The highest BCUT2D eigenvalue weighted by molar-refractivity contribution is 5.83. The lowest BCUT2D eigenvalue weighted by Gasteiger charge is -2.17. The van der Waals surface area contributed by atoms with Crippen LogP contribution >= 0.6 is 0 Å². The van der Waals surface area contributed by atoms with Crippen molar-refractivity contribution in [1.29, 1.82) is 0 Å². The molecule has 1 aliphatic rings. The average Bonchev–Trinajstić information content (AvgIpc) is 2.70. The Balaban J connectivity index is 1.61. The fourth-order valence-electron chi connectivity index (χ4n) is 3.17. The van der Waals surface area contributed by atoms with Gasteiger partial charge in [0.1, 0.15) is 11.9 Å². The number of unbranched alkanes of at least 4 members (excludes halogenated alkanes) is 1. The van der Waals surface area contributed by atoms with Gasteiger partial charge in [-0.05, 0) is 50.2 Å². The van der Waals surface area contributed by atoms with Crippen LogP contribution in [0.25, 0.3) is 0 Å². The summed E-state index contributed by atoms with van der Waals surface area (Å²) in [4.78, 5) is 39.1.